The third kappa shape index (κ3) is 11.7. The van der Waals surface area contributed by atoms with Crippen LogP contribution < -0.4 is 10.6 Å². The first-order chi connectivity index (χ1) is 19.5. The van der Waals surface area contributed by atoms with Crippen LogP contribution in [0.15, 0.2) is 43.0 Å². The Morgan fingerprint density at radius 1 is 1.12 bits per heavy atom. The number of nitrogens with zero attached hydrogens (tertiary/aromatic N) is 2. The minimum atomic E-state index is -0.649. The van der Waals surface area contributed by atoms with Crippen LogP contribution in [0.2, 0.25) is 0 Å². The van der Waals surface area contributed by atoms with Gasteiger partial charge in [0.15, 0.2) is 0 Å². The van der Waals surface area contributed by atoms with Gasteiger partial charge in [-0.3, -0.25) is 19.4 Å². The lowest BCUT2D eigenvalue weighted by atomic mass is 9.91. The molecule has 1 aromatic rings. The van der Waals surface area contributed by atoms with Crippen molar-refractivity contribution in [2.24, 2.45) is 5.92 Å². The van der Waals surface area contributed by atoms with Crippen LogP contribution >= 0.6 is 23.5 Å². The van der Waals surface area contributed by atoms with Gasteiger partial charge in [-0.2, -0.15) is 11.8 Å². The first kappa shape index (κ1) is 32.3. The molecule has 10 heteroatoms. The summed E-state index contributed by atoms with van der Waals surface area (Å²) in [6, 6.07) is 9.88. The van der Waals surface area contributed by atoms with Crippen molar-refractivity contribution in [2.45, 2.75) is 63.6 Å². The fourth-order valence-electron chi connectivity index (χ4n) is 5.22. The average Bonchev–Trinajstić information content (AvgIpc) is 2.97. The van der Waals surface area contributed by atoms with Gasteiger partial charge < -0.3 is 15.4 Å². The van der Waals surface area contributed by atoms with Crippen molar-refractivity contribution in [1.82, 2.24) is 20.4 Å². The number of likely N-dealkylation sites (tertiary alicyclic amines) is 1. The van der Waals surface area contributed by atoms with Crippen LogP contribution in [0.1, 0.15) is 50.5 Å². The average molecular weight is 591 g/mol. The van der Waals surface area contributed by atoms with E-state index in [4.69, 9.17) is 4.74 Å². The molecule has 1 aliphatic carbocycles. The molecular weight excluding hydrogens is 544 g/mol. The quantitative estimate of drug-likeness (QED) is 0.229. The van der Waals surface area contributed by atoms with Crippen molar-refractivity contribution in [1.29, 1.82) is 0 Å². The monoisotopic (exact) mass is 590 g/mol. The Balaban J connectivity index is 1.53. The molecule has 40 heavy (non-hydrogen) atoms. The van der Waals surface area contributed by atoms with Gasteiger partial charge in [0.05, 0.1) is 5.88 Å². The zero-order valence-electron chi connectivity index (χ0n) is 23.9. The van der Waals surface area contributed by atoms with Crippen LogP contribution in [0.25, 0.3) is 0 Å². The zero-order valence-corrected chi connectivity index (χ0v) is 25.5. The highest BCUT2D eigenvalue weighted by molar-refractivity contribution is 7.99. The molecule has 8 nitrogen and oxygen atoms in total. The van der Waals surface area contributed by atoms with Crippen molar-refractivity contribution in [2.75, 3.05) is 49.9 Å². The molecule has 1 saturated carbocycles. The van der Waals surface area contributed by atoms with E-state index in [1.54, 1.807) is 11.8 Å². The fraction of sp³-hybridized carbons (Fsp3) is 0.633. The van der Waals surface area contributed by atoms with Crippen LogP contribution in [-0.4, -0.2) is 89.7 Å². The minimum Gasteiger partial charge on any atom is -0.445 e. The van der Waals surface area contributed by atoms with Crippen molar-refractivity contribution >= 4 is 41.4 Å². The molecule has 2 fully saturated rings. The maximum atomic E-state index is 13.4. The van der Waals surface area contributed by atoms with E-state index in [0.29, 0.717) is 17.5 Å². The Morgan fingerprint density at radius 2 is 1.85 bits per heavy atom. The molecule has 1 atom stereocenters. The van der Waals surface area contributed by atoms with Gasteiger partial charge in [0.25, 0.3) is 0 Å². The summed E-state index contributed by atoms with van der Waals surface area (Å²) >= 11 is 3.17. The number of piperidine rings is 1. The van der Waals surface area contributed by atoms with E-state index in [-0.39, 0.29) is 31.0 Å². The lowest BCUT2D eigenvalue weighted by Gasteiger charge is -2.33. The Labute approximate surface area is 248 Å². The summed E-state index contributed by atoms with van der Waals surface area (Å²) in [4.78, 5) is 42.6. The molecule has 1 saturated heterocycles. The van der Waals surface area contributed by atoms with Crippen molar-refractivity contribution < 1.29 is 19.1 Å². The highest BCUT2D eigenvalue weighted by atomic mass is 32.2. The van der Waals surface area contributed by atoms with Gasteiger partial charge in [0.2, 0.25) is 11.8 Å². The number of ether oxygens (including phenoxy) is 1. The highest BCUT2D eigenvalue weighted by Gasteiger charge is 2.28. The number of hydrogen-bond donors (Lipinski definition) is 2. The van der Waals surface area contributed by atoms with Crippen molar-refractivity contribution in [3.63, 3.8) is 0 Å². The van der Waals surface area contributed by atoms with E-state index in [9.17, 15) is 14.4 Å². The molecule has 0 aromatic heterocycles. The Bertz CT molecular complexity index is 922. The molecule has 1 heterocycles. The van der Waals surface area contributed by atoms with Gasteiger partial charge in [-0.1, -0.05) is 62.2 Å². The van der Waals surface area contributed by atoms with Crippen LogP contribution in [0.4, 0.5) is 4.79 Å². The minimum absolute atomic E-state index is 0.0817. The Kier molecular flexibility index (Phi) is 14.8. The number of rotatable bonds is 15. The molecule has 1 aromatic carbocycles. The molecule has 2 aliphatic rings. The molecule has 0 bridgehead atoms. The predicted molar refractivity (Wildman–Crippen MR) is 165 cm³/mol. The van der Waals surface area contributed by atoms with E-state index in [2.05, 4.69) is 46.4 Å². The number of hydrogen-bond acceptors (Lipinski definition) is 7. The van der Waals surface area contributed by atoms with E-state index < -0.39 is 12.1 Å². The molecule has 0 spiro atoms. The van der Waals surface area contributed by atoms with Gasteiger partial charge in [-0.05, 0) is 49.2 Å². The summed E-state index contributed by atoms with van der Waals surface area (Å²) in [6.07, 6.45) is 10.9. The Hall–Kier alpha value is -2.17. The van der Waals surface area contributed by atoms with Crippen molar-refractivity contribution in [3.05, 3.63) is 48.6 Å². The number of amides is 3. The van der Waals surface area contributed by atoms with Gasteiger partial charge in [0, 0.05) is 31.4 Å². The normalized spacial score (nSPS) is 17.5. The largest absolute Gasteiger partial charge is 0.445 e. The van der Waals surface area contributed by atoms with Gasteiger partial charge in [0.1, 0.15) is 19.2 Å². The number of carbonyl (C=O) groups is 3. The maximum Gasteiger partial charge on any atom is 0.411 e. The maximum absolute atomic E-state index is 13.4. The van der Waals surface area contributed by atoms with Crippen molar-refractivity contribution in [3.8, 4) is 0 Å². The lowest BCUT2D eigenvalue weighted by Crippen LogP contribution is -2.54. The second-order valence-electron chi connectivity index (χ2n) is 10.7. The number of nitrogens with one attached hydrogen (secondary N) is 2. The van der Waals surface area contributed by atoms with Crippen LogP contribution in [0.5, 0.6) is 0 Å². The SMILES string of the molecule is C=CCOC(=O)N(CSC)CC(=O)N[C@@H](CSCC1CCCCC1)C(=O)NC1CCN(Cc2ccccc2)CC1. The molecule has 3 rings (SSSR count). The van der Waals surface area contributed by atoms with E-state index in [1.807, 2.05) is 12.3 Å². The van der Waals surface area contributed by atoms with Gasteiger partial charge in [-0.15, -0.1) is 11.8 Å². The number of benzene rings is 1. The van der Waals surface area contributed by atoms with Gasteiger partial charge >= 0.3 is 6.09 Å². The van der Waals surface area contributed by atoms with Gasteiger partial charge in [-0.25, -0.2) is 4.79 Å². The third-order valence-electron chi connectivity index (χ3n) is 7.40. The standard InChI is InChI=1S/C30H46N4O4S2/c1-3-18-38-30(37)34(23-39-2)20-28(35)32-27(22-40-21-25-12-8-5-9-13-25)29(36)31-26-14-16-33(17-15-26)19-24-10-6-4-7-11-24/h3-4,6-7,10-11,25-27H,1,5,8-9,12-23H2,2H3,(H,31,36)(H,32,35)/t27-/m0/s1. The molecule has 2 N–H and O–H groups in total. The molecule has 3 amide bonds. The van der Waals surface area contributed by atoms with Crippen LogP contribution in [-0.2, 0) is 20.9 Å². The van der Waals surface area contributed by atoms with E-state index in [0.717, 1.165) is 38.2 Å². The predicted octanol–water partition coefficient (Wildman–Crippen LogP) is 4.51. The summed E-state index contributed by atoms with van der Waals surface area (Å²) < 4.78 is 5.13. The second-order valence-corrected chi connectivity index (χ2v) is 12.6. The summed E-state index contributed by atoms with van der Waals surface area (Å²) in [7, 11) is 0. The highest BCUT2D eigenvalue weighted by Crippen LogP contribution is 2.27. The molecular formula is C30H46N4O4S2. The van der Waals surface area contributed by atoms with Crippen LogP contribution in [0, 0.1) is 5.92 Å². The second kappa shape index (κ2) is 18.3. The zero-order chi connectivity index (χ0) is 28.6. The summed E-state index contributed by atoms with van der Waals surface area (Å²) in [6.45, 7) is 6.24. The molecule has 0 unspecified atom stereocenters. The topological polar surface area (TPSA) is 91.0 Å². The summed E-state index contributed by atoms with van der Waals surface area (Å²) in [5.41, 5.74) is 1.30. The summed E-state index contributed by atoms with van der Waals surface area (Å²) in [5.74, 6) is 2.02. The number of thioether (sulfide) groups is 2. The third-order valence-corrected chi connectivity index (χ3v) is 9.25. The number of carbonyl (C=O) groups excluding carboxylic acids is 3. The molecule has 0 radical (unpaired) electrons. The lowest BCUT2D eigenvalue weighted by molar-refractivity contribution is -0.129. The smallest absolute Gasteiger partial charge is 0.411 e. The fourth-order valence-corrected chi connectivity index (χ4v) is 7.00. The summed E-state index contributed by atoms with van der Waals surface area (Å²) in [5, 5.41) is 6.14. The molecule has 1 aliphatic heterocycles. The molecule has 222 valence electrons. The van der Waals surface area contributed by atoms with E-state index in [1.165, 1.54) is 60.4 Å². The van der Waals surface area contributed by atoms with Crippen LogP contribution in [0.3, 0.4) is 0 Å². The first-order valence-corrected chi connectivity index (χ1v) is 17.0. The first-order valence-electron chi connectivity index (χ1n) is 14.4. The van der Waals surface area contributed by atoms with E-state index >= 15 is 0 Å². The Morgan fingerprint density at radius 3 is 2.52 bits per heavy atom.